The van der Waals surface area contributed by atoms with Crippen molar-refractivity contribution in [3.8, 4) is 0 Å². The fourth-order valence-corrected chi connectivity index (χ4v) is 0.993. The minimum atomic E-state index is 0. The average Bonchev–Trinajstić information content (AvgIpc) is 1.96. The van der Waals surface area contributed by atoms with E-state index in [0.717, 1.165) is 13.0 Å². The molecule has 0 saturated heterocycles. The normalized spacial score (nSPS) is 9.64. The summed E-state index contributed by atoms with van der Waals surface area (Å²) >= 11 is 0. The largest absolute Gasteiger partial charge is 0.356 e. The molecule has 0 unspecified atom stereocenters. The maximum Gasteiger partial charge on any atom is 0.216 e. The number of hydrogen-bond acceptors (Lipinski definition) is 1. The Labute approximate surface area is 70.9 Å². The Bertz CT molecular complexity index is 107. The molecular formula is C9H21NO. The molecule has 0 aliphatic carbocycles. The van der Waals surface area contributed by atoms with E-state index in [1.54, 1.807) is 6.92 Å². The molecule has 0 aromatic carbocycles. The van der Waals surface area contributed by atoms with E-state index in [0.29, 0.717) is 0 Å². The Kier molecular flexibility index (Phi) is 7.21. The SMILES string of the molecule is CCCCCCCNC(C)=O.[HH]. The molecule has 0 aromatic heterocycles. The van der Waals surface area contributed by atoms with Gasteiger partial charge in [-0.25, -0.2) is 0 Å². The predicted molar refractivity (Wildman–Crippen MR) is 49.6 cm³/mol. The van der Waals surface area contributed by atoms with E-state index >= 15 is 0 Å². The Morgan fingerprint density at radius 3 is 2.45 bits per heavy atom. The second kappa shape index (κ2) is 7.58. The lowest BCUT2D eigenvalue weighted by atomic mass is 10.1. The number of carbonyl (C=O) groups excluding carboxylic acids is 1. The first-order valence-corrected chi connectivity index (χ1v) is 4.51. The molecule has 0 aliphatic heterocycles. The molecule has 0 fully saturated rings. The van der Waals surface area contributed by atoms with Crippen LogP contribution < -0.4 is 5.32 Å². The van der Waals surface area contributed by atoms with Crippen LogP contribution in [0.4, 0.5) is 0 Å². The molecular weight excluding hydrogens is 138 g/mol. The number of amides is 1. The third kappa shape index (κ3) is 9.47. The highest BCUT2D eigenvalue weighted by molar-refractivity contribution is 5.72. The summed E-state index contributed by atoms with van der Waals surface area (Å²) in [5, 5.41) is 2.78. The van der Waals surface area contributed by atoms with Crippen LogP contribution in [0.1, 0.15) is 47.4 Å². The van der Waals surface area contributed by atoms with Crippen molar-refractivity contribution in [2.24, 2.45) is 0 Å². The number of hydrogen-bond donors (Lipinski definition) is 1. The van der Waals surface area contributed by atoms with Gasteiger partial charge < -0.3 is 5.32 Å². The molecule has 0 saturated carbocycles. The molecule has 0 aromatic rings. The molecule has 11 heavy (non-hydrogen) atoms. The van der Waals surface area contributed by atoms with E-state index in [9.17, 15) is 4.79 Å². The first-order valence-electron chi connectivity index (χ1n) is 4.51. The van der Waals surface area contributed by atoms with E-state index in [2.05, 4.69) is 12.2 Å². The van der Waals surface area contributed by atoms with Crippen molar-refractivity contribution in [3.63, 3.8) is 0 Å². The maximum atomic E-state index is 10.4. The molecule has 0 heterocycles. The van der Waals surface area contributed by atoms with Gasteiger partial charge in [-0.2, -0.15) is 0 Å². The summed E-state index contributed by atoms with van der Waals surface area (Å²) in [6.07, 6.45) is 6.27. The highest BCUT2D eigenvalue weighted by atomic mass is 16.1. The summed E-state index contributed by atoms with van der Waals surface area (Å²) in [6.45, 7) is 4.61. The van der Waals surface area contributed by atoms with Crippen LogP contribution in [0.3, 0.4) is 0 Å². The quantitative estimate of drug-likeness (QED) is 0.592. The zero-order chi connectivity index (χ0) is 8.53. The number of unbranched alkanes of at least 4 members (excludes halogenated alkanes) is 4. The summed E-state index contributed by atoms with van der Waals surface area (Å²) in [6, 6.07) is 0. The van der Waals surface area contributed by atoms with Crippen LogP contribution in [0.25, 0.3) is 0 Å². The van der Waals surface area contributed by atoms with Gasteiger partial charge in [0.2, 0.25) is 5.91 Å². The van der Waals surface area contributed by atoms with Crippen LogP contribution in [-0.2, 0) is 4.79 Å². The third-order valence-corrected chi connectivity index (χ3v) is 1.65. The second-order valence-corrected chi connectivity index (χ2v) is 2.90. The fraction of sp³-hybridized carbons (Fsp3) is 0.889. The van der Waals surface area contributed by atoms with Gasteiger partial charge in [-0.3, -0.25) is 4.79 Å². The molecule has 0 rings (SSSR count). The second-order valence-electron chi connectivity index (χ2n) is 2.90. The molecule has 2 nitrogen and oxygen atoms in total. The van der Waals surface area contributed by atoms with E-state index in [4.69, 9.17) is 0 Å². The lowest BCUT2D eigenvalue weighted by molar-refractivity contribution is -0.118. The van der Waals surface area contributed by atoms with Crippen molar-refractivity contribution in [2.45, 2.75) is 46.0 Å². The van der Waals surface area contributed by atoms with Crippen molar-refractivity contribution in [1.82, 2.24) is 5.32 Å². The zero-order valence-corrected chi connectivity index (χ0v) is 7.65. The Morgan fingerprint density at radius 1 is 1.27 bits per heavy atom. The average molecular weight is 159 g/mol. The summed E-state index contributed by atoms with van der Waals surface area (Å²) in [7, 11) is 0. The highest BCUT2D eigenvalue weighted by Crippen LogP contribution is 2.00. The van der Waals surface area contributed by atoms with Gasteiger partial charge in [0.25, 0.3) is 0 Å². The lowest BCUT2D eigenvalue weighted by Crippen LogP contribution is -2.20. The van der Waals surface area contributed by atoms with E-state index in [1.807, 2.05) is 0 Å². The van der Waals surface area contributed by atoms with Crippen LogP contribution in [-0.4, -0.2) is 12.5 Å². The molecule has 0 bridgehead atoms. The molecule has 68 valence electrons. The van der Waals surface area contributed by atoms with Crippen LogP contribution in [0.5, 0.6) is 0 Å². The minimum Gasteiger partial charge on any atom is -0.356 e. The van der Waals surface area contributed by atoms with Gasteiger partial charge in [0.05, 0.1) is 0 Å². The third-order valence-electron chi connectivity index (χ3n) is 1.65. The summed E-state index contributed by atoms with van der Waals surface area (Å²) in [5.41, 5.74) is 0. The summed E-state index contributed by atoms with van der Waals surface area (Å²) in [4.78, 5) is 10.4. The van der Waals surface area contributed by atoms with Crippen LogP contribution in [0.2, 0.25) is 0 Å². The van der Waals surface area contributed by atoms with E-state index < -0.39 is 0 Å². The lowest BCUT2D eigenvalue weighted by Gasteiger charge is -2.00. The summed E-state index contributed by atoms with van der Waals surface area (Å²) in [5.74, 6) is 0.0838. The first-order chi connectivity index (χ1) is 5.27. The fourth-order valence-electron chi connectivity index (χ4n) is 0.993. The number of carbonyl (C=O) groups is 1. The number of nitrogens with one attached hydrogen (secondary N) is 1. The van der Waals surface area contributed by atoms with Crippen LogP contribution >= 0.6 is 0 Å². The smallest absolute Gasteiger partial charge is 0.216 e. The van der Waals surface area contributed by atoms with Gasteiger partial charge in [0.15, 0.2) is 0 Å². The van der Waals surface area contributed by atoms with Gasteiger partial charge in [0, 0.05) is 14.9 Å². The van der Waals surface area contributed by atoms with Crippen molar-refractivity contribution in [3.05, 3.63) is 0 Å². The van der Waals surface area contributed by atoms with Crippen molar-refractivity contribution < 1.29 is 6.22 Å². The van der Waals surface area contributed by atoms with Gasteiger partial charge in [0.1, 0.15) is 0 Å². The van der Waals surface area contributed by atoms with Gasteiger partial charge in [-0.1, -0.05) is 32.6 Å². The molecule has 0 aliphatic rings. The van der Waals surface area contributed by atoms with Crippen LogP contribution in [0, 0.1) is 0 Å². The number of rotatable bonds is 6. The Hall–Kier alpha value is -0.530. The molecule has 1 amide bonds. The van der Waals surface area contributed by atoms with Crippen molar-refractivity contribution >= 4 is 5.91 Å². The summed E-state index contributed by atoms with van der Waals surface area (Å²) < 4.78 is 0. The standard InChI is InChI=1S/C9H19NO.H2/c1-3-4-5-6-7-8-10-9(2)11;/h3-8H2,1-2H3,(H,10,11);1H. The molecule has 2 heteroatoms. The zero-order valence-electron chi connectivity index (χ0n) is 7.65. The topological polar surface area (TPSA) is 29.1 Å². The van der Waals surface area contributed by atoms with Crippen molar-refractivity contribution in [1.29, 1.82) is 0 Å². The highest BCUT2D eigenvalue weighted by Gasteiger charge is 1.90. The minimum absolute atomic E-state index is 0. The van der Waals surface area contributed by atoms with Crippen LogP contribution in [0.15, 0.2) is 0 Å². The van der Waals surface area contributed by atoms with E-state index in [-0.39, 0.29) is 7.33 Å². The van der Waals surface area contributed by atoms with Crippen molar-refractivity contribution in [2.75, 3.05) is 6.54 Å². The molecule has 0 spiro atoms. The monoisotopic (exact) mass is 159 g/mol. The van der Waals surface area contributed by atoms with E-state index in [1.165, 1.54) is 25.7 Å². The Morgan fingerprint density at radius 2 is 1.91 bits per heavy atom. The van der Waals surface area contributed by atoms with Gasteiger partial charge in [-0.15, -0.1) is 0 Å². The predicted octanol–water partition coefficient (Wildman–Crippen LogP) is 2.34. The molecule has 0 atom stereocenters. The molecule has 1 N–H and O–H groups in total. The first kappa shape index (κ1) is 10.5. The van der Waals surface area contributed by atoms with Gasteiger partial charge in [-0.05, 0) is 6.42 Å². The van der Waals surface area contributed by atoms with Gasteiger partial charge >= 0.3 is 0 Å². The Balaban J connectivity index is 0. The maximum absolute atomic E-state index is 10.4. The molecule has 0 radical (unpaired) electrons.